The van der Waals surface area contributed by atoms with Gasteiger partial charge in [0, 0.05) is 32.0 Å². The first-order chi connectivity index (χ1) is 24.6. The molecule has 0 radical (unpaired) electrons. The van der Waals surface area contributed by atoms with Crippen LogP contribution in [0.5, 0.6) is 0 Å². The molecule has 304 valence electrons. The molecule has 0 heterocycles. The molecule has 0 aromatic rings. The molecule has 51 heavy (non-hydrogen) atoms. The lowest BCUT2D eigenvalue weighted by Gasteiger charge is -2.63. The number of nitrogens with two attached hydrogens (primary N) is 1. The quantitative estimate of drug-likeness (QED) is 0.0862. The van der Waals surface area contributed by atoms with Crippen LogP contribution in [0.15, 0.2) is 11.6 Å². The topological polar surface area (TPSA) is 76.7 Å². The molecule has 3 saturated carbocycles. The summed E-state index contributed by atoms with van der Waals surface area (Å²) in [6.07, 6.45) is 31.6. The normalized spacial score (nSPS) is 30.7. The van der Waals surface area contributed by atoms with Crippen LogP contribution in [0.3, 0.4) is 0 Å². The third-order valence-corrected chi connectivity index (χ3v) is 13.2. The largest absolute Gasteiger partial charge is 0.396 e. The molecule has 5 heteroatoms. The van der Waals surface area contributed by atoms with E-state index >= 15 is 0 Å². The number of hydrogen-bond donors (Lipinski definition) is 3. The molecule has 7 unspecified atom stereocenters. The van der Waals surface area contributed by atoms with Crippen molar-refractivity contribution in [3.05, 3.63) is 11.6 Å². The Morgan fingerprint density at radius 3 is 2.10 bits per heavy atom. The van der Waals surface area contributed by atoms with Crippen LogP contribution in [0.4, 0.5) is 0 Å². The van der Waals surface area contributed by atoms with E-state index in [-0.39, 0.29) is 12.1 Å². The van der Waals surface area contributed by atoms with Crippen LogP contribution in [-0.4, -0.2) is 57.3 Å². The van der Waals surface area contributed by atoms with Crippen molar-refractivity contribution in [2.75, 3.05) is 40.5 Å². The highest BCUT2D eigenvalue weighted by molar-refractivity contribution is 5.30. The molecule has 4 aliphatic carbocycles. The van der Waals surface area contributed by atoms with Crippen LogP contribution < -0.4 is 11.1 Å². The van der Waals surface area contributed by atoms with Crippen molar-refractivity contribution in [2.45, 2.75) is 208 Å². The number of nitrogens with one attached hydrogen (secondary N) is 1. The zero-order chi connectivity index (χ0) is 38.2. The number of unbranched alkanes of at least 4 members (excludes halogenated alkanes) is 8. The Hall–Kier alpha value is -0.460. The van der Waals surface area contributed by atoms with Gasteiger partial charge in [0.15, 0.2) is 0 Å². The van der Waals surface area contributed by atoms with Gasteiger partial charge in [0.25, 0.3) is 0 Å². The molecule has 0 saturated heterocycles. The Kier molecular flexibility index (Phi) is 25.9. The van der Waals surface area contributed by atoms with Crippen LogP contribution in [0.2, 0.25) is 0 Å². The van der Waals surface area contributed by atoms with E-state index in [1.807, 2.05) is 27.9 Å². The van der Waals surface area contributed by atoms with Gasteiger partial charge in [0.2, 0.25) is 0 Å². The maximum Gasteiger partial charge on any atom is 0.0612 e. The third kappa shape index (κ3) is 15.3. The summed E-state index contributed by atoms with van der Waals surface area (Å²) >= 11 is 0. The van der Waals surface area contributed by atoms with Gasteiger partial charge < -0.3 is 25.6 Å². The van der Waals surface area contributed by atoms with E-state index in [4.69, 9.17) is 20.3 Å². The van der Waals surface area contributed by atoms with Crippen LogP contribution >= 0.6 is 0 Å². The molecule has 5 nitrogen and oxygen atoms in total. The van der Waals surface area contributed by atoms with Gasteiger partial charge in [-0.15, -0.1) is 0 Å². The minimum absolute atomic E-state index is 0.0180. The Balaban J connectivity index is 0.000000735. The summed E-state index contributed by atoms with van der Waals surface area (Å²) in [6.45, 7) is 21.2. The van der Waals surface area contributed by atoms with Gasteiger partial charge in [-0.3, -0.25) is 0 Å². The Labute approximate surface area is 319 Å². The number of hydrogen-bond acceptors (Lipinski definition) is 5. The predicted octanol–water partition coefficient (Wildman–Crippen LogP) is 12.0. The minimum Gasteiger partial charge on any atom is -0.396 e. The van der Waals surface area contributed by atoms with Gasteiger partial charge in [-0.25, -0.2) is 0 Å². The molecule has 3 fully saturated rings. The van der Waals surface area contributed by atoms with E-state index in [1.54, 1.807) is 5.57 Å². The lowest BCUT2D eigenvalue weighted by atomic mass is 9.44. The van der Waals surface area contributed by atoms with Crippen molar-refractivity contribution in [1.29, 1.82) is 0 Å². The third-order valence-electron chi connectivity index (χ3n) is 13.2. The number of aliphatic hydroxyl groups excluding tert-OH is 1. The van der Waals surface area contributed by atoms with Gasteiger partial charge in [-0.05, 0) is 126 Å². The lowest BCUT2D eigenvalue weighted by Crippen LogP contribution is -2.66. The average Bonchev–Trinajstić information content (AvgIpc) is 3.46. The van der Waals surface area contributed by atoms with E-state index in [1.165, 1.54) is 122 Å². The van der Waals surface area contributed by atoms with E-state index in [0.29, 0.717) is 29.5 Å². The van der Waals surface area contributed by atoms with Crippen LogP contribution in [0.1, 0.15) is 197 Å². The second kappa shape index (κ2) is 27.2. The van der Waals surface area contributed by atoms with Crippen molar-refractivity contribution in [3.63, 3.8) is 0 Å². The molecule has 4 rings (SSSR count). The number of ether oxygens (including phenoxy) is 2. The lowest BCUT2D eigenvalue weighted by molar-refractivity contribution is -0.0741. The fraction of sp³-hybridized carbons (Fsp3) is 0.957. The first-order valence-electron chi connectivity index (χ1n) is 22.4. The average molecular weight is 721 g/mol. The van der Waals surface area contributed by atoms with E-state index < -0.39 is 0 Å². The predicted molar refractivity (Wildman–Crippen MR) is 223 cm³/mol. The summed E-state index contributed by atoms with van der Waals surface area (Å²) in [6, 6.07) is 0. The molecule has 0 spiro atoms. The molecule has 4 N–H and O–H groups in total. The van der Waals surface area contributed by atoms with Crippen LogP contribution in [-0.2, 0) is 9.47 Å². The summed E-state index contributed by atoms with van der Waals surface area (Å²) in [7, 11) is 3.75. The van der Waals surface area contributed by atoms with Gasteiger partial charge >= 0.3 is 0 Å². The summed E-state index contributed by atoms with van der Waals surface area (Å²) in [5.74, 6) is 3.14. The number of rotatable bonds is 20. The van der Waals surface area contributed by atoms with Crippen molar-refractivity contribution in [2.24, 2.45) is 40.2 Å². The molecule has 0 aromatic carbocycles. The molecule has 4 aliphatic rings. The highest BCUT2D eigenvalue weighted by atomic mass is 16.5. The number of aliphatic hydroxyl groups is 1. The molecule has 0 aliphatic heterocycles. The second-order valence-corrected chi connectivity index (χ2v) is 17.5. The molecule has 7 atom stereocenters. The maximum atomic E-state index is 8.39. The molecule has 0 amide bonds. The van der Waals surface area contributed by atoms with Crippen LogP contribution in [0, 0.1) is 34.5 Å². The highest BCUT2D eigenvalue weighted by Gasteiger charge is 2.63. The zero-order valence-corrected chi connectivity index (χ0v) is 36.2. The Morgan fingerprint density at radius 1 is 0.804 bits per heavy atom. The molecular formula is C46H92N2O3. The van der Waals surface area contributed by atoms with Gasteiger partial charge in [0.1, 0.15) is 0 Å². The summed E-state index contributed by atoms with van der Waals surface area (Å²) in [4.78, 5) is 0. The summed E-state index contributed by atoms with van der Waals surface area (Å²) < 4.78 is 11.6. The Morgan fingerprint density at radius 2 is 1.43 bits per heavy atom. The first kappa shape index (κ1) is 48.6. The van der Waals surface area contributed by atoms with Crippen molar-refractivity contribution >= 4 is 0 Å². The van der Waals surface area contributed by atoms with Gasteiger partial charge in [-0.2, -0.15) is 0 Å². The monoisotopic (exact) mass is 721 g/mol. The minimum atomic E-state index is 0.0180. The smallest absolute Gasteiger partial charge is 0.0612 e. The van der Waals surface area contributed by atoms with Gasteiger partial charge in [0.05, 0.1) is 6.10 Å². The second-order valence-electron chi connectivity index (χ2n) is 17.5. The highest BCUT2D eigenvalue weighted by Crippen LogP contribution is 2.67. The van der Waals surface area contributed by atoms with Crippen molar-refractivity contribution < 1.29 is 14.6 Å². The first-order valence-corrected chi connectivity index (χ1v) is 22.4. The van der Waals surface area contributed by atoms with E-state index in [2.05, 4.69) is 52.9 Å². The van der Waals surface area contributed by atoms with Crippen molar-refractivity contribution in [3.8, 4) is 0 Å². The number of fused-ring (bicyclic) bond motifs is 5. The molecule has 0 aromatic heterocycles. The summed E-state index contributed by atoms with van der Waals surface area (Å²) in [5, 5.41) is 11.1. The SMILES string of the molecule is CC.CCCCCCCCOC1CCC2(C)C(=CCC3(N)C2CCC2(C)C(CCCCC(C)C)CCC23)C1.CCCCCOCCCO.CNC. The van der Waals surface area contributed by atoms with Gasteiger partial charge in [-0.1, -0.05) is 131 Å². The van der Waals surface area contributed by atoms with Crippen LogP contribution in [0.25, 0.3) is 0 Å². The summed E-state index contributed by atoms with van der Waals surface area (Å²) in [5.41, 5.74) is 10.1. The van der Waals surface area contributed by atoms with Crippen molar-refractivity contribution in [1.82, 2.24) is 5.32 Å². The molecule has 0 bridgehead atoms. The standard InChI is InChI=1S/C34H61NO.C8H18O2.C2H7N.C2H6/c1-6-7-8-9-10-13-24-36-29-19-21-33(5)28(25-29)18-23-34(35)30-17-16-27(15-12-11-14-26(2)3)32(30,4)22-20-31(33)34;1-2-3-4-7-10-8-5-6-9;1-3-2;1-2/h18,26-27,29-31H,6-17,19-25,35H2,1-5H3;9H,2-8H2,1H3;3H,1-2H3;1-2H3. The Bertz CT molecular complexity index is 871. The fourth-order valence-corrected chi connectivity index (χ4v) is 10.4. The zero-order valence-electron chi connectivity index (χ0n) is 36.2. The molecular weight excluding hydrogens is 629 g/mol. The van der Waals surface area contributed by atoms with E-state index in [9.17, 15) is 0 Å². The van der Waals surface area contributed by atoms with E-state index in [0.717, 1.165) is 50.2 Å². The fourth-order valence-electron chi connectivity index (χ4n) is 10.4. The maximum absolute atomic E-state index is 8.39.